The first-order valence-corrected chi connectivity index (χ1v) is 10.8. The van der Waals surface area contributed by atoms with Gasteiger partial charge in [0.05, 0.1) is 7.85 Å². The van der Waals surface area contributed by atoms with E-state index in [1.54, 1.807) is 0 Å². The maximum Gasteiger partial charge on any atom is 0.161 e. The molecule has 2 heterocycles. The van der Waals surface area contributed by atoms with Gasteiger partial charge in [-0.15, -0.1) is 0 Å². The maximum absolute atomic E-state index is 6.80. The number of hydrogen-bond donors (Lipinski definition) is 0. The summed E-state index contributed by atoms with van der Waals surface area (Å²) in [7, 11) is 6.80. The molecule has 6 rings (SSSR count). The number of aromatic nitrogens is 1. The Morgan fingerprint density at radius 1 is 0.767 bits per heavy atom. The lowest BCUT2D eigenvalue weighted by molar-refractivity contribution is 0.398. The third kappa shape index (κ3) is 2.69. The van der Waals surface area contributed by atoms with E-state index in [2.05, 4.69) is 47.4 Å². The average Bonchev–Trinajstić information content (AvgIpc) is 3.19. The highest BCUT2D eigenvalue weighted by molar-refractivity contribution is 6.18. The Hall–Kier alpha value is -3.07. The van der Waals surface area contributed by atoms with Crippen LogP contribution < -0.4 is 0 Å². The van der Waals surface area contributed by atoms with Crippen molar-refractivity contribution < 1.29 is 4.42 Å². The highest BCUT2D eigenvalue weighted by Gasteiger charge is 2.28. The Morgan fingerprint density at radius 3 is 2.37 bits per heavy atom. The van der Waals surface area contributed by atoms with Gasteiger partial charge in [-0.25, -0.2) is 0 Å². The van der Waals surface area contributed by atoms with E-state index in [-0.39, 0.29) is 5.31 Å². The standard InChI is InChI=1S/C27H22BNO/c28-27(14-5-2-6-15-27)20-10-12-21-19(17-20)9-11-22-23-13-16-29-24(26(23)30-25(21)22)18-7-3-1-4-8-18/h1,3-4,7-13,16-17H,2,5-6,14-15H2. The number of hydrogen-bond acceptors (Lipinski definition) is 2. The molecule has 1 saturated carbocycles. The fraction of sp³-hybridized carbons (Fsp3) is 0.222. The first-order valence-electron chi connectivity index (χ1n) is 10.8. The molecule has 30 heavy (non-hydrogen) atoms. The van der Waals surface area contributed by atoms with Crippen LogP contribution in [0.1, 0.15) is 37.7 Å². The summed E-state index contributed by atoms with van der Waals surface area (Å²) >= 11 is 0. The molecule has 0 unspecified atom stereocenters. The second kappa shape index (κ2) is 6.73. The van der Waals surface area contributed by atoms with Gasteiger partial charge >= 0.3 is 0 Å². The normalized spacial score (nSPS) is 16.4. The molecule has 0 N–H and O–H groups in total. The van der Waals surface area contributed by atoms with E-state index in [9.17, 15) is 0 Å². The van der Waals surface area contributed by atoms with E-state index < -0.39 is 0 Å². The van der Waals surface area contributed by atoms with Crippen molar-refractivity contribution in [3.63, 3.8) is 0 Å². The van der Waals surface area contributed by atoms with E-state index in [4.69, 9.17) is 12.3 Å². The zero-order valence-corrected chi connectivity index (χ0v) is 16.9. The Labute approximate surface area is 177 Å². The quantitative estimate of drug-likeness (QED) is 0.301. The molecule has 3 heteroatoms. The molecule has 0 spiro atoms. The Morgan fingerprint density at radius 2 is 1.53 bits per heavy atom. The first-order chi connectivity index (χ1) is 14.7. The van der Waals surface area contributed by atoms with Crippen LogP contribution in [0, 0.1) is 0 Å². The molecule has 2 aromatic heterocycles. The van der Waals surface area contributed by atoms with Crippen molar-refractivity contribution in [3.05, 3.63) is 78.5 Å². The average molecular weight is 387 g/mol. The van der Waals surface area contributed by atoms with Gasteiger partial charge in [-0.2, -0.15) is 0 Å². The largest absolute Gasteiger partial charge is 0.453 e. The van der Waals surface area contributed by atoms with E-state index >= 15 is 0 Å². The van der Waals surface area contributed by atoms with Crippen LogP contribution in [-0.4, -0.2) is 12.8 Å². The predicted molar refractivity (Wildman–Crippen MR) is 125 cm³/mol. The fourth-order valence-corrected chi connectivity index (χ4v) is 5.07. The molecule has 3 aromatic carbocycles. The summed E-state index contributed by atoms with van der Waals surface area (Å²) in [5.41, 5.74) is 4.97. The molecule has 1 fully saturated rings. The van der Waals surface area contributed by atoms with E-state index in [0.717, 1.165) is 51.4 Å². The minimum absolute atomic E-state index is 0.195. The van der Waals surface area contributed by atoms with Crippen molar-refractivity contribution in [3.8, 4) is 11.3 Å². The van der Waals surface area contributed by atoms with Gasteiger partial charge in [-0.3, -0.25) is 4.98 Å². The van der Waals surface area contributed by atoms with Gasteiger partial charge in [0.1, 0.15) is 11.3 Å². The Bertz CT molecular complexity index is 1380. The van der Waals surface area contributed by atoms with Crippen molar-refractivity contribution in [2.45, 2.75) is 37.4 Å². The molecule has 5 aromatic rings. The van der Waals surface area contributed by atoms with E-state index in [0.29, 0.717) is 0 Å². The lowest BCUT2D eigenvalue weighted by Crippen LogP contribution is -2.29. The summed E-state index contributed by atoms with van der Waals surface area (Å²) in [4.78, 5) is 4.63. The monoisotopic (exact) mass is 387 g/mol. The summed E-state index contributed by atoms with van der Waals surface area (Å²) in [5, 5.41) is 4.35. The number of pyridine rings is 1. The molecule has 2 nitrogen and oxygen atoms in total. The van der Waals surface area contributed by atoms with Crippen molar-refractivity contribution in [1.29, 1.82) is 0 Å². The molecule has 144 valence electrons. The molecule has 0 aliphatic heterocycles. The van der Waals surface area contributed by atoms with Gasteiger partial charge in [0.15, 0.2) is 5.58 Å². The van der Waals surface area contributed by atoms with Crippen LogP contribution in [0.15, 0.2) is 77.3 Å². The highest BCUT2D eigenvalue weighted by atomic mass is 16.3. The lowest BCUT2D eigenvalue weighted by Gasteiger charge is -2.35. The van der Waals surface area contributed by atoms with E-state index in [1.165, 1.54) is 30.2 Å². The molecule has 0 amide bonds. The molecule has 0 saturated heterocycles. The number of rotatable bonds is 2. The SMILES string of the molecule is [B]C1(c2ccc3c(ccc4c5ccnc(-c6ccccc6)c5oc34)c2)CCCCC1. The molecule has 0 bridgehead atoms. The Balaban J connectivity index is 1.57. The number of nitrogens with zero attached hydrogens (tertiary/aromatic N) is 1. The fourth-order valence-electron chi connectivity index (χ4n) is 5.07. The van der Waals surface area contributed by atoms with Crippen LogP contribution in [0.5, 0.6) is 0 Å². The van der Waals surface area contributed by atoms with Crippen molar-refractivity contribution in [2.24, 2.45) is 0 Å². The van der Waals surface area contributed by atoms with Crippen LogP contribution in [0.4, 0.5) is 0 Å². The van der Waals surface area contributed by atoms with Gasteiger partial charge < -0.3 is 4.42 Å². The molecule has 2 radical (unpaired) electrons. The molecule has 1 aliphatic rings. The highest BCUT2D eigenvalue weighted by Crippen LogP contribution is 2.41. The van der Waals surface area contributed by atoms with E-state index in [1.807, 2.05) is 30.5 Å². The van der Waals surface area contributed by atoms with Gasteiger partial charge in [0.2, 0.25) is 0 Å². The lowest BCUT2D eigenvalue weighted by atomic mass is 9.56. The van der Waals surface area contributed by atoms with Crippen LogP contribution in [-0.2, 0) is 5.31 Å². The maximum atomic E-state index is 6.80. The number of benzene rings is 3. The number of fused-ring (bicyclic) bond motifs is 5. The number of furan rings is 1. The second-order valence-corrected chi connectivity index (χ2v) is 8.60. The zero-order chi connectivity index (χ0) is 20.1. The van der Waals surface area contributed by atoms with Crippen LogP contribution in [0.2, 0.25) is 0 Å². The summed E-state index contributed by atoms with van der Waals surface area (Å²) < 4.78 is 6.47. The summed E-state index contributed by atoms with van der Waals surface area (Å²) in [6.07, 6.45) is 7.73. The topological polar surface area (TPSA) is 26.0 Å². The van der Waals surface area contributed by atoms with Crippen LogP contribution in [0.3, 0.4) is 0 Å². The van der Waals surface area contributed by atoms with Crippen LogP contribution in [0.25, 0.3) is 44.0 Å². The van der Waals surface area contributed by atoms with Crippen molar-refractivity contribution >= 4 is 40.6 Å². The predicted octanol–water partition coefficient (Wildman–Crippen LogP) is 7.13. The van der Waals surface area contributed by atoms with Gasteiger partial charge in [0.25, 0.3) is 0 Å². The summed E-state index contributed by atoms with van der Waals surface area (Å²) in [6.45, 7) is 0. The Kier molecular flexibility index (Phi) is 3.99. The van der Waals surface area contributed by atoms with Crippen molar-refractivity contribution in [2.75, 3.05) is 0 Å². The molecule has 0 atom stereocenters. The van der Waals surface area contributed by atoms with Crippen LogP contribution >= 0.6 is 0 Å². The van der Waals surface area contributed by atoms with Gasteiger partial charge in [0, 0.05) is 27.9 Å². The van der Waals surface area contributed by atoms with Crippen molar-refractivity contribution in [1.82, 2.24) is 4.98 Å². The third-order valence-electron chi connectivity index (χ3n) is 6.74. The second-order valence-electron chi connectivity index (χ2n) is 8.60. The molecular weight excluding hydrogens is 365 g/mol. The summed E-state index contributed by atoms with van der Waals surface area (Å²) in [6, 6.07) is 23.3. The minimum Gasteiger partial charge on any atom is -0.453 e. The summed E-state index contributed by atoms with van der Waals surface area (Å²) in [5.74, 6) is 0. The minimum atomic E-state index is -0.195. The smallest absolute Gasteiger partial charge is 0.161 e. The van der Waals surface area contributed by atoms with Gasteiger partial charge in [-0.05, 0) is 28.4 Å². The first kappa shape index (κ1) is 17.8. The third-order valence-corrected chi connectivity index (χ3v) is 6.74. The molecule has 1 aliphatic carbocycles. The van der Waals surface area contributed by atoms with Gasteiger partial charge in [-0.1, -0.05) is 86.7 Å². The zero-order valence-electron chi connectivity index (χ0n) is 16.9. The molecular formula is C27H22BNO.